The molecule has 8 nitrogen and oxygen atoms in total. The number of carbonyl (C=O) groups is 1. The van der Waals surface area contributed by atoms with E-state index in [2.05, 4.69) is 0 Å². The molecule has 64 valence electrons. The Kier molecular flexibility index (Phi) is 55.9. The van der Waals surface area contributed by atoms with Crippen LogP contribution in [0.4, 0.5) is 4.79 Å². The Labute approximate surface area is 161 Å². The van der Waals surface area contributed by atoms with Gasteiger partial charge in [0.25, 0.3) is 0 Å². The predicted molar refractivity (Wildman–Crippen MR) is 33.8 cm³/mol. The van der Waals surface area contributed by atoms with Crippen LogP contribution in [0.1, 0.15) is 0 Å². The molecule has 0 amide bonds. The fourth-order valence-electron chi connectivity index (χ4n) is 0. The Morgan fingerprint density at radius 2 is 1.08 bits per heavy atom. The number of carboxylic acid groups (broad SMARTS) is 2. The summed E-state index contributed by atoms with van der Waals surface area (Å²) in [6.07, 6.45) is -2.33. The summed E-state index contributed by atoms with van der Waals surface area (Å²) in [6.45, 7) is 0. The maximum Gasteiger partial charge on any atom is 2.00 e. The van der Waals surface area contributed by atoms with E-state index in [1.165, 1.54) is 0 Å². The van der Waals surface area contributed by atoms with Crippen molar-refractivity contribution in [1.29, 1.82) is 0 Å². The average molecular weight is 374 g/mol. The van der Waals surface area contributed by atoms with E-state index >= 15 is 0 Å². The zero-order chi connectivity index (χ0) is 8.08. The van der Waals surface area contributed by atoms with Crippen LogP contribution in [0.25, 0.3) is 0 Å². The maximum atomic E-state index is 8.52. The van der Waals surface area contributed by atoms with Crippen LogP contribution in [-0.2, 0) is 15.9 Å². The van der Waals surface area contributed by atoms with E-state index in [0.717, 1.165) is 0 Å². The molecule has 0 saturated carbocycles. The van der Waals surface area contributed by atoms with E-state index in [1.807, 2.05) is 0 Å². The van der Waals surface area contributed by atoms with Gasteiger partial charge >= 0.3 is 110 Å². The smallest absolute Gasteiger partial charge is 2.00 e. The quantitative estimate of drug-likeness (QED) is 0.232. The minimum Gasteiger partial charge on any atom is -2.00 e. The molecule has 0 rings (SSSR count). The van der Waals surface area contributed by atoms with Crippen molar-refractivity contribution in [3.05, 3.63) is 0 Å². The van der Waals surface area contributed by atoms with E-state index in [1.54, 1.807) is 0 Å². The van der Waals surface area contributed by atoms with Gasteiger partial charge in [0.05, 0.1) is 0 Å². The van der Waals surface area contributed by atoms with Crippen LogP contribution in [-0.4, -0.2) is 133 Å². The zero-order valence-electron chi connectivity index (χ0n) is 6.30. The molecule has 13 heavy (non-hydrogen) atoms. The van der Waals surface area contributed by atoms with Gasteiger partial charge in [-0.1, -0.05) is 0 Å². The first-order valence-electron chi connectivity index (χ1n) is 1.28. The summed E-state index contributed by atoms with van der Waals surface area (Å²) in [5.74, 6) is 0. The van der Waals surface area contributed by atoms with Gasteiger partial charge in [0, 0.05) is 10.4 Å². The first-order chi connectivity index (χ1) is 3.73. The van der Waals surface area contributed by atoms with Gasteiger partial charge in [0.15, 0.2) is 0 Å². The predicted octanol–water partition coefficient (Wildman–Crippen LogP) is -5.05. The van der Waals surface area contributed by atoms with Crippen molar-refractivity contribution in [2.45, 2.75) is 0 Å². The summed E-state index contributed by atoms with van der Waals surface area (Å²) >= 11 is 0. The molecule has 0 aliphatic carbocycles. The van der Waals surface area contributed by atoms with Crippen LogP contribution in [0.3, 0.4) is 0 Å². The van der Waals surface area contributed by atoms with E-state index in [9.17, 15) is 0 Å². The van der Waals surface area contributed by atoms with Crippen LogP contribution in [0, 0.1) is 0 Å². The monoisotopic (exact) mass is 374 g/mol. The van der Waals surface area contributed by atoms with Crippen LogP contribution < -0.4 is 10.2 Å². The normalized spacial score (nSPS) is 6.31. The van der Waals surface area contributed by atoms with Crippen LogP contribution in [0.2, 0.25) is 0 Å². The third-order valence-corrected chi connectivity index (χ3v) is 0. The van der Waals surface area contributed by atoms with Crippen molar-refractivity contribution >= 4 is 126 Å². The van der Waals surface area contributed by atoms with Gasteiger partial charge in [-0.3, -0.25) is 8.42 Å². The number of carbonyl (C=O) groups excluding carboxylic acids is 1. The molecule has 0 fully saturated rings. The molecule has 0 bridgehead atoms. The molecule has 0 atom stereocenters. The van der Waals surface area contributed by atoms with Crippen molar-refractivity contribution in [3.63, 3.8) is 0 Å². The summed E-state index contributed by atoms with van der Waals surface area (Å²) in [5, 5.41) is 16.7. The summed E-state index contributed by atoms with van der Waals surface area (Å²) in [5.41, 5.74) is 0. The van der Waals surface area contributed by atoms with Crippen molar-refractivity contribution < 1.29 is 38.0 Å². The third kappa shape index (κ3) is 326. The molecule has 0 N–H and O–H groups in total. The second-order valence-corrected chi connectivity index (χ2v) is 1.47. The molecule has 0 saturated heterocycles. The van der Waals surface area contributed by atoms with Gasteiger partial charge in [0.1, 0.15) is 0 Å². The summed E-state index contributed by atoms with van der Waals surface area (Å²) in [6, 6.07) is 0. The van der Waals surface area contributed by atoms with E-state index in [-0.39, 0.29) is 115 Å². The fourth-order valence-corrected chi connectivity index (χ4v) is 0. The Morgan fingerprint density at radius 1 is 1.08 bits per heavy atom. The zero-order valence-corrected chi connectivity index (χ0v) is 15.2. The molecule has 0 spiro atoms. The summed E-state index contributed by atoms with van der Waals surface area (Å²) < 4.78 is 34.1. The molecule has 0 heterocycles. The van der Waals surface area contributed by atoms with Crippen LogP contribution >= 0.6 is 0 Å². The number of hydrogen-bond donors (Lipinski definition) is 0. The number of rotatable bonds is 0. The summed E-state index contributed by atoms with van der Waals surface area (Å²) in [7, 11) is -5.17. The molecule has 0 aromatic rings. The first-order valence-corrected chi connectivity index (χ1v) is 2.61. The third-order valence-electron chi connectivity index (χ3n) is 0. The van der Waals surface area contributed by atoms with Crippen LogP contribution in [0.5, 0.6) is 0 Å². The molecule has 0 aromatic heterocycles. The first kappa shape index (κ1) is 36.1. The topological polar surface area (TPSA) is 172 Å². The standard InChI is InChI=1S/CH2O3.Ba.Ca.Mg.H2O4S.O/c2-1(3)4;;;;1-5(2,3)4;/h(H2,2,3,4);;;;(H2,1,2,3,4);/q;3*+2;;-2/p-4. The maximum absolute atomic E-state index is 8.52. The van der Waals surface area contributed by atoms with E-state index < -0.39 is 16.6 Å². The van der Waals surface area contributed by atoms with Gasteiger partial charge < -0.3 is 29.6 Å². The van der Waals surface area contributed by atoms with Crippen molar-refractivity contribution in [2.24, 2.45) is 0 Å². The Balaban J connectivity index is -0.0000000146. The Bertz CT molecular complexity index is 167. The van der Waals surface area contributed by atoms with Gasteiger partial charge in [-0.15, -0.1) is 0 Å². The van der Waals surface area contributed by atoms with E-state index in [0.29, 0.717) is 0 Å². The number of hydrogen-bond acceptors (Lipinski definition) is 7. The minimum absolute atomic E-state index is 0. The molecule has 0 aliphatic rings. The van der Waals surface area contributed by atoms with Crippen molar-refractivity contribution in [1.82, 2.24) is 0 Å². The van der Waals surface area contributed by atoms with Crippen LogP contribution in [0.15, 0.2) is 0 Å². The van der Waals surface area contributed by atoms with E-state index in [4.69, 9.17) is 32.5 Å². The molecule has 0 radical (unpaired) electrons. The second-order valence-electron chi connectivity index (χ2n) is 0.658. The Hall–Kier alpha value is 2.70. The van der Waals surface area contributed by atoms with Crippen molar-refractivity contribution in [3.8, 4) is 0 Å². The Morgan fingerprint density at radius 3 is 1.08 bits per heavy atom. The molecule has 0 unspecified atom stereocenters. The van der Waals surface area contributed by atoms with Gasteiger partial charge in [-0.25, -0.2) is 0 Å². The SMILES string of the molecule is O=C([O-])[O-].O=S(=O)([O-])[O-].[Ba+2].[Ca+2].[Mg+2].[O-2]. The van der Waals surface area contributed by atoms with Gasteiger partial charge in [-0.2, -0.15) is 0 Å². The molecule has 0 aliphatic heterocycles. The molecule has 0 aromatic carbocycles. The minimum atomic E-state index is -5.17. The second kappa shape index (κ2) is 20.2. The molecular formula is CBaCaMgO8S. The molecular weight excluding hydrogens is 374 g/mol. The fraction of sp³-hybridized carbons (Fsp3) is 0. The van der Waals surface area contributed by atoms with Gasteiger partial charge in [-0.05, 0) is 6.16 Å². The summed E-state index contributed by atoms with van der Waals surface area (Å²) in [4.78, 5) is 8.33. The van der Waals surface area contributed by atoms with Crippen molar-refractivity contribution in [2.75, 3.05) is 0 Å². The molecule has 12 heteroatoms. The van der Waals surface area contributed by atoms with Gasteiger partial charge in [0.2, 0.25) is 0 Å². The average Bonchev–Trinajstić information content (AvgIpc) is 1.19. The largest absolute Gasteiger partial charge is 2.00 e.